The van der Waals surface area contributed by atoms with Crippen LogP contribution in [0.1, 0.15) is 46.3 Å². The molecule has 0 saturated heterocycles. The van der Waals surface area contributed by atoms with Crippen molar-refractivity contribution in [1.29, 1.82) is 0 Å². The lowest BCUT2D eigenvalue weighted by atomic mass is 9.63. The molecular weight excluding hydrogens is 324 g/mol. The van der Waals surface area contributed by atoms with E-state index in [2.05, 4.69) is 0 Å². The second-order valence-corrected chi connectivity index (χ2v) is 7.24. The van der Waals surface area contributed by atoms with Crippen LogP contribution in [-0.2, 0) is 28.6 Å². The van der Waals surface area contributed by atoms with Gasteiger partial charge in [-0.05, 0) is 43.9 Å². The van der Waals surface area contributed by atoms with E-state index in [1.54, 1.807) is 0 Å². The van der Waals surface area contributed by atoms with Crippen LogP contribution in [0.25, 0.3) is 0 Å². The molecule has 0 aromatic carbocycles. The summed E-state index contributed by atoms with van der Waals surface area (Å²) in [6, 6.07) is 0. The Bertz CT molecular complexity index is 638. The number of allylic oxidation sites excluding steroid dienone is 2. The maximum atomic E-state index is 12.5. The number of ether oxygens (including phenoxy) is 3. The Hall–Kier alpha value is -1.85. The van der Waals surface area contributed by atoms with Crippen LogP contribution in [0.15, 0.2) is 11.1 Å². The molecule has 0 spiro atoms. The number of hydrogen-bond acceptors (Lipinski definition) is 6. The average molecular weight is 351 g/mol. The maximum absolute atomic E-state index is 12.5. The third-order valence-corrected chi connectivity index (χ3v) is 6.13. The minimum Gasteiger partial charge on any atom is -0.469 e. The first-order valence-corrected chi connectivity index (χ1v) is 8.80. The fourth-order valence-corrected chi connectivity index (χ4v) is 4.98. The Morgan fingerprint density at radius 2 is 1.64 bits per heavy atom. The van der Waals surface area contributed by atoms with Gasteiger partial charge in [-0.3, -0.25) is 14.4 Å². The minimum absolute atomic E-state index is 0.0311. The van der Waals surface area contributed by atoms with Crippen molar-refractivity contribution in [3.63, 3.8) is 0 Å². The van der Waals surface area contributed by atoms with Gasteiger partial charge in [0.25, 0.3) is 0 Å². The number of carbonyl (C=O) groups excluding carboxylic acids is 3. The smallest absolute Gasteiger partial charge is 0.323 e. The van der Waals surface area contributed by atoms with Gasteiger partial charge in [-0.25, -0.2) is 0 Å². The summed E-state index contributed by atoms with van der Waals surface area (Å²) in [4.78, 5) is 37.4. The summed E-state index contributed by atoms with van der Waals surface area (Å²) in [7, 11) is 3.85. The van der Waals surface area contributed by atoms with E-state index >= 15 is 0 Å². The summed E-state index contributed by atoms with van der Waals surface area (Å²) in [5.41, 5.74) is 0.283. The van der Waals surface area contributed by atoms with Gasteiger partial charge < -0.3 is 14.2 Å². The number of methoxy groups -OCH3 is 3. The number of hydrogen-bond donors (Lipinski definition) is 0. The molecule has 3 rings (SSSR count). The SMILES string of the molecule is [2H]C1C2=C(CC(C(=O)OC)(C(=O)OC)C2)[C@H]2CCCC[C@@H]2[C@H]1C(=O)OC. The minimum atomic E-state index is -1.43. The lowest BCUT2D eigenvalue weighted by molar-refractivity contribution is -0.168. The summed E-state index contributed by atoms with van der Waals surface area (Å²) in [5.74, 6) is -2.04. The Morgan fingerprint density at radius 1 is 1.00 bits per heavy atom. The molecule has 138 valence electrons. The van der Waals surface area contributed by atoms with Crippen molar-refractivity contribution < 1.29 is 30.0 Å². The standard InChI is InChI=1S/C19H26O6/c1-23-16(20)14-8-11-9-19(17(21)24-2,18(22)25-3)10-15(11)13-7-5-4-6-12(13)14/h12-14H,4-10H2,1-3H3/t12-,13-,14-/m0/s1/i8D/t8?,12-,13-,14-. The van der Waals surface area contributed by atoms with Crippen LogP contribution < -0.4 is 0 Å². The third-order valence-electron chi connectivity index (χ3n) is 6.13. The van der Waals surface area contributed by atoms with Crippen molar-refractivity contribution in [2.45, 2.75) is 44.9 Å². The average Bonchev–Trinajstić information content (AvgIpc) is 3.09. The highest BCUT2D eigenvalue weighted by Gasteiger charge is 2.57. The third kappa shape index (κ3) is 2.75. The second-order valence-electron chi connectivity index (χ2n) is 7.24. The molecule has 4 atom stereocenters. The Balaban J connectivity index is 2.03. The van der Waals surface area contributed by atoms with E-state index in [0.29, 0.717) is 0 Å². The highest BCUT2D eigenvalue weighted by Crippen LogP contribution is 2.57. The molecule has 1 saturated carbocycles. The summed E-state index contributed by atoms with van der Waals surface area (Å²) < 4.78 is 23.5. The van der Waals surface area contributed by atoms with Crippen LogP contribution >= 0.6 is 0 Å². The van der Waals surface area contributed by atoms with Crippen molar-refractivity contribution in [2.75, 3.05) is 21.3 Å². The van der Waals surface area contributed by atoms with Crippen LogP contribution in [0, 0.1) is 23.2 Å². The topological polar surface area (TPSA) is 78.9 Å². The molecule has 0 aromatic rings. The summed E-state index contributed by atoms with van der Waals surface area (Å²) in [5, 5.41) is 0. The van der Waals surface area contributed by atoms with Gasteiger partial charge >= 0.3 is 17.9 Å². The van der Waals surface area contributed by atoms with Crippen LogP contribution in [0.5, 0.6) is 0 Å². The molecule has 6 heteroatoms. The lowest BCUT2D eigenvalue weighted by Crippen LogP contribution is -2.40. The summed E-state index contributed by atoms with van der Waals surface area (Å²) >= 11 is 0. The van der Waals surface area contributed by atoms with E-state index < -0.39 is 29.7 Å². The molecule has 6 nitrogen and oxygen atoms in total. The van der Waals surface area contributed by atoms with Crippen molar-refractivity contribution in [1.82, 2.24) is 0 Å². The van der Waals surface area contributed by atoms with Gasteiger partial charge in [0.1, 0.15) is 0 Å². The first kappa shape index (κ1) is 16.6. The van der Waals surface area contributed by atoms with E-state index in [4.69, 9.17) is 15.6 Å². The quantitative estimate of drug-likeness (QED) is 0.336. The van der Waals surface area contributed by atoms with E-state index in [9.17, 15) is 14.4 Å². The number of esters is 3. The molecule has 3 aliphatic carbocycles. The van der Waals surface area contributed by atoms with Crippen molar-refractivity contribution in [3.05, 3.63) is 11.1 Å². The zero-order chi connectivity index (χ0) is 19.1. The zero-order valence-corrected chi connectivity index (χ0v) is 15.0. The predicted octanol–water partition coefficient (Wildman–Crippen LogP) is 2.41. The number of rotatable bonds is 3. The molecule has 0 bridgehead atoms. The number of carbonyl (C=O) groups is 3. The van der Waals surface area contributed by atoms with Gasteiger partial charge in [0, 0.05) is 1.37 Å². The van der Waals surface area contributed by atoms with Crippen LogP contribution in [-0.4, -0.2) is 39.2 Å². The van der Waals surface area contributed by atoms with E-state index in [1.807, 2.05) is 0 Å². The first-order valence-electron chi connectivity index (χ1n) is 9.37. The van der Waals surface area contributed by atoms with Crippen LogP contribution in [0.2, 0.25) is 0 Å². The molecule has 0 radical (unpaired) electrons. The van der Waals surface area contributed by atoms with Gasteiger partial charge in [-0.15, -0.1) is 0 Å². The molecule has 1 fully saturated rings. The van der Waals surface area contributed by atoms with Gasteiger partial charge in [0.15, 0.2) is 5.41 Å². The zero-order valence-electron chi connectivity index (χ0n) is 16.0. The molecule has 0 N–H and O–H groups in total. The largest absolute Gasteiger partial charge is 0.469 e. The molecule has 3 aliphatic rings. The van der Waals surface area contributed by atoms with Crippen molar-refractivity contribution in [2.24, 2.45) is 23.2 Å². The van der Waals surface area contributed by atoms with E-state index in [1.165, 1.54) is 21.3 Å². The second kappa shape index (κ2) is 6.81. The molecule has 1 unspecified atom stereocenters. The maximum Gasteiger partial charge on any atom is 0.323 e. The Labute approximate surface area is 149 Å². The highest BCUT2D eigenvalue weighted by atomic mass is 16.5. The molecule has 25 heavy (non-hydrogen) atoms. The fourth-order valence-electron chi connectivity index (χ4n) is 4.98. The highest BCUT2D eigenvalue weighted by molar-refractivity contribution is 6.01. The summed E-state index contributed by atoms with van der Waals surface area (Å²) in [6.07, 6.45) is 3.34. The lowest BCUT2D eigenvalue weighted by Gasteiger charge is -2.41. The molecule has 0 aromatic heterocycles. The van der Waals surface area contributed by atoms with Crippen molar-refractivity contribution in [3.8, 4) is 0 Å². The predicted molar refractivity (Wildman–Crippen MR) is 88.3 cm³/mol. The first-order chi connectivity index (χ1) is 12.4. The van der Waals surface area contributed by atoms with Gasteiger partial charge in [0.2, 0.25) is 0 Å². The molecule has 0 heterocycles. The van der Waals surface area contributed by atoms with Crippen molar-refractivity contribution >= 4 is 17.9 Å². The van der Waals surface area contributed by atoms with E-state index in [-0.39, 0.29) is 30.6 Å². The van der Waals surface area contributed by atoms with Gasteiger partial charge in [0.05, 0.1) is 27.2 Å². The van der Waals surface area contributed by atoms with Crippen LogP contribution in [0.3, 0.4) is 0 Å². The van der Waals surface area contributed by atoms with Crippen LogP contribution in [0.4, 0.5) is 0 Å². The Morgan fingerprint density at radius 3 is 2.24 bits per heavy atom. The normalized spacial score (nSPS) is 33.6. The number of fused-ring (bicyclic) bond motifs is 2. The van der Waals surface area contributed by atoms with Gasteiger partial charge in [-0.2, -0.15) is 0 Å². The fraction of sp³-hybridized carbons (Fsp3) is 0.737. The van der Waals surface area contributed by atoms with Gasteiger partial charge in [-0.1, -0.05) is 24.0 Å². The van der Waals surface area contributed by atoms with E-state index in [0.717, 1.165) is 36.8 Å². The summed E-state index contributed by atoms with van der Waals surface area (Å²) in [6.45, 7) is 0. The molecular formula is C19H26O6. The Kier molecular flexibility index (Phi) is 4.52. The molecule has 0 amide bonds. The monoisotopic (exact) mass is 351 g/mol. The molecule has 0 aliphatic heterocycles.